The molecule has 1 N–H and O–H groups in total. The van der Waals surface area contributed by atoms with Gasteiger partial charge in [0.25, 0.3) is 0 Å². The van der Waals surface area contributed by atoms with Crippen molar-refractivity contribution >= 4 is 17.1 Å². The Labute approximate surface area is 146 Å². The summed E-state index contributed by atoms with van der Waals surface area (Å²) in [6, 6.07) is 16.1. The highest BCUT2D eigenvalue weighted by molar-refractivity contribution is 6.13. The zero-order chi connectivity index (χ0) is 17.4. The number of pyridine rings is 1. The van der Waals surface area contributed by atoms with E-state index < -0.39 is 0 Å². The molecule has 1 atom stereocenters. The third kappa shape index (κ3) is 2.71. The lowest BCUT2D eigenvalue weighted by Crippen LogP contribution is -2.32. The number of hydrogen-bond acceptors (Lipinski definition) is 3. The Hall–Kier alpha value is -2.95. The highest BCUT2D eigenvalue weighted by atomic mass is 16.2. The molecular weight excluding hydrogens is 312 g/mol. The molecule has 4 rings (SSSR count). The molecule has 126 valence electrons. The van der Waals surface area contributed by atoms with Crippen LogP contribution in [0.2, 0.25) is 0 Å². The second-order valence-corrected chi connectivity index (χ2v) is 6.64. The zero-order valence-electron chi connectivity index (χ0n) is 14.3. The van der Waals surface area contributed by atoms with E-state index in [-0.39, 0.29) is 17.7 Å². The number of hydrogen-bond donors (Lipinski definition) is 1. The van der Waals surface area contributed by atoms with Crippen molar-refractivity contribution < 1.29 is 4.79 Å². The van der Waals surface area contributed by atoms with E-state index in [1.54, 1.807) is 0 Å². The van der Waals surface area contributed by atoms with Gasteiger partial charge in [0.15, 0.2) is 0 Å². The largest absolute Gasteiger partial charge is 0.273 e. The summed E-state index contributed by atoms with van der Waals surface area (Å²) in [5, 5.41) is 9.23. The lowest BCUT2D eigenvalue weighted by atomic mass is 9.84. The fraction of sp³-hybridized carbons (Fsp3) is 0.250. The van der Waals surface area contributed by atoms with Gasteiger partial charge in [-0.25, -0.2) is 9.94 Å². The third-order valence-electron chi connectivity index (χ3n) is 4.59. The van der Waals surface area contributed by atoms with E-state index in [4.69, 9.17) is 5.10 Å². The van der Waals surface area contributed by atoms with Crippen LogP contribution in [-0.2, 0) is 4.79 Å². The van der Waals surface area contributed by atoms with Gasteiger partial charge in [-0.05, 0) is 23.6 Å². The van der Waals surface area contributed by atoms with E-state index in [0.717, 1.165) is 28.0 Å². The Morgan fingerprint density at radius 1 is 1.12 bits per heavy atom. The summed E-state index contributed by atoms with van der Waals surface area (Å²) in [5.74, 6) is 0.132. The molecule has 0 aliphatic carbocycles. The average Bonchev–Trinajstić information content (AvgIpc) is 3.02. The minimum Gasteiger partial charge on any atom is -0.273 e. The van der Waals surface area contributed by atoms with Crippen LogP contribution < -0.4 is 5.43 Å². The molecule has 3 heterocycles. The van der Waals surface area contributed by atoms with Crippen molar-refractivity contribution in [1.29, 1.82) is 0 Å². The monoisotopic (exact) mass is 332 g/mol. The SMILES string of the molecule is CC(C)c1nn2ccccc2c1C1=NNC(=O)CC1c1ccccc1. The Bertz CT molecular complexity index is 956. The van der Waals surface area contributed by atoms with Gasteiger partial charge in [-0.2, -0.15) is 10.2 Å². The number of benzene rings is 1. The van der Waals surface area contributed by atoms with Crippen LogP contribution in [0.4, 0.5) is 0 Å². The Kier molecular flexibility index (Phi) is 3.84. The summed E-state index contributed by atoms with van der Waals surface area (Å²) >= 11 is 0. The fourth-order valence-corrected chi connectivity index (χ4v) is 3.40. The zero-order valence-corrected chi connectivity index (χ0v) is 14.3. The topological polar surface area (TPSA) is 58.8 Å². The second kappa shape index (κ2) is 6.16. The van der Waals surface area contributed by atoms with Crippen LogP contribution in [0.3, 0.4) is 0 Å². The summed E-state index contributed by atoms with van der Waals surface area (Å²) in [5.41, 5.74) is 7.70. The number of rotatable bonds is 3. The van der Waals surface area contributed by atoms with Gasteiger partial charge in [-0.15, -0.1) is 0 Å². The number of amides is 1. The normalized spacial score (nSPS) is 17.6. The summed E-state index contributed by atoms with van der Waals surface area (Å²) < 4.78 is 1.89. The number of fused-ring (bicyclic) bond motifs is 1. The number of aromatic nitrogens is 2. The van der Waals surface area contributed by atoms with Crippen molar-refractivity contribution in [2.24, 2.45) is 5.10 Å². The molecule has 1 aliphatic rings. The predicted octanol–water partition coefficient (Wildman–Crippen LogP) is 3.47. The number of hydrazone groups is 1. The smallest absolute Gasteiger partial charge is 0.241 e. The second-order valence-electron chi connectivity index (χ2n) is 6.64. The molecule has 0 fully saturated rings. The van der Waals surface area contributed by atoms with Crippen LogP contribution in [0, 0.1) is 0 Å². The highest BCUT2D eigenvalue weighted by Gasteiger charge is 2.31. The van der Waals surface area contributed by atoms with Gasteiger partial charge in [0.2, 0.25) is 5.91 Å². The first kappa shape index (κ1) is 15.6. The summed E-state index contributed by atoms with van der Waals surface area (Å²) in [6.45, 7) is 4.26. The molecule has 1 amide bonds. The van der Waals surface area contributed by atoms with E-state index >= 15 is 0 Å². The molecule has 0 radical (unpaired) electrons. The maximum absolute atomic E-state index is 12.0. The van der Waals surface area contributed by atoms with Crippen LogP contribution in [0.5, 0.6) is 0 Å². The molecular formula is C20H20N4O. The van der Waals surface area contributed by atoms with E-state index in [2.05, 4.69) is 42.6 Å². The molecule has 5 nitrogen and oxygen atoms in total. The van der Waals surface area contributed by atoms with Crippen LogP contribution in [0.1, 0.15) is 48.9 Å². The average molecular weight is 332 g/mol. The van der Waals surface area contributed by atoms with Crippen LogP contribution in [0.15, 0.2) is 59.8 Å². The Balaban J connectivity index is 1.94. The van der Waals surface area contributed by atoms with E-state index in [0.29, 0.717) is 6.42 Å². The van der Waals surface area contributed by atoms with Gasteiger partial charge in [0, 0.05) is 24.1 Å². The summed E-state index contributed by atoms with van der Waals surface area (Å²) in [4.78, 5) is 12.0. The van der Waals surface area contributed by atoms with Crippen molar-refractivity contribution in [1.82, 2.24) is 15.0 Å². The van der Waals surface area contributed by atoms with Crippen molar-refractivity contribution in [2.75, 3.05) is 0 Å². The van der Waals surface area contributed by atoms with Crippen molar-refractivity contribution in [3.63, 3.8) is 0 Å². The number of carbonyl (C=O) groups excluding carboxylic acids is 1. The molecule has 0 saturated carbocycles. The maximum atomic E-state index is 12.0. The molecule has 25 heavy (non-hydrogen) atoms. The van der Waals surface area contributed by atoms with Crippen molar-refractivity contribution in [3.05, 3.63) is 71.5 Å². The van der Waals surface area contributed by atoms with E-state index in [9.17, 15) is 4.79 Å². The molecule has 1 unspecified atom stereocenters. The first-order valence-electron chi connectivity index (χ1n) is 8.54. The number of nitrogens with one attached hydrogen (secondary N) is 1. The van der Waals surface area contributed by atoms with E-state index in [1.807, 2.05) is 41.0 Å². The van der Waals surface area contributed by atoms with Gasteiger partial charge in [-0.3, -0.25) is 4.79 Å². The standard InChI is InChI=1S/C20H20N4O/c1-13(2)19-18(16-10-6-7-11-24(16)23-19)20-15(12-17(25)21-22-20)14-8-4-3-5-9-14/h3-11,13,15H,12H2,1-2H3,(H,21,25). The molecule has 1 aromatic carbocycles. The van der Waals surface area contributed by atoms with Crippen LogP contribution >= 0.6 is 0 Å². The Morgan fingerprint density at radius 2 is 1.88 bits per heavy atom. The molecule has 2 aromatic heterocycles. The van der Waals surface area contributed by atoms with E-state index in [1.165, 1.54) is 0 Å². The molecule has 0 spiro atoms. The van der Waals surface area contributed by atoms with Gasteiger partial charge in [-0.1, -0.05) is 50.2 Å². The Morgan fingerprint density at radius 3 is 2.64 bits per heavy atom. The van der Waals surface area contributed by atoms with Crippen LogP contribution in [0.25, 0.3) is 5.52 Å². The quantitative estimate of drug-likeness (QED) is 0.798. The third-order valence-corrected chi connectivity index (χ3v) is 4.59. The van der Waals surface area contributed by atoms with Crippen molar-refractivity contribution in [2.45, 2.75) is 32.1 Å². The minimum absolute atomic E-state index is 0.0554. The molecule has 1 aliphatic heterocycles. The minimum atomic E-state index is -0.0688. The van der Waals surface area contributed by atoms with Gasteiger partial charge in [0.05, 0.1) is 16.9 Å². The summed E-state index contributed by atoms with van der Waals surface area (Å²) in [6.07, 6.45) is 2.34. The molecule has 0 bridgehead atoms. The number of carbonyl (C=O) groups is 1. The maximum Gasteiger partial charge on any atom is 0.241 e. The van der Waals surface area contributed by atoms with Crippen LogP contribution in [-0.4, -0.2) is 21.2 Å². The highest BCUT2D eigenvalue weighted by Crippen LogP contribution is 2.33. The first-order chi connectivity index (χ1) is 12.1. The van der Waals surface area contributed by atoms with Gasteiger partial charge < -0.3 is 0 Å². The predicted molar refractivity (Wildman–Crippen MR) is 97.8 cm³/mol. The van der Waals surface area contributed by atoms with Crippen molar-refractivity contribution in [3.8, 4) is 0 Å². The first-order valence-corrected chi connectivity index (χ1v) is 8.54. The molecule has 3 aromatic rings. The summed E-state index contributed by atoms with van der Waals surface area (Å²) in [7, 11) is 0. The van der Waals surface area contributed by atoms with Gasteiger partial charge >= 0.3 is 0 Å². The lowest BCUT2D eigenvalue weighted by Gasteiger charge is -2.24. The fourth-order valence-electron chi connectivity index (χ4n) is 3.40. The lowest BCUT2D eigenvalue weighted by molar-refractivity contribution is -0.121. The molecule has 5 heteroatoms. The molecule has 0 saturated heterocycles. The van der Waals surface area contributed by atoms with Gasteiger partial charge in [0.1, 0.15) is 0 Å². The number of nitrogens with zero attached hydrogens (tertiary/aromatic N) is 3.